The molecular weight excluding hydrogens is 540 g/mol. The van der Waals surface area contributed by atoms with Crippen LogP contribution in [0.5, 0.6) is 0 Å². The summed E-state index contributed by atoms with van der Waals surface area (Å²) in [4.78, 5) is 22.3. The summed E-state index contributed by atoms with van der Waals surface area (Å²) in [7, 11) is 0. The van der Waals surface area contributed by atoms with Crippen molar-refractivity contribution in [2.75, 3.05) is 13.1 Å². The van der Waals surface area contributed by atoms with Gasteiger partial charge in [0.15, 0.2) is 0 Å². The number of alkyl halides is 6. The van der Waals surface area contributed by atoms with Crippen molar-refractivity contribution in [1.29, 1.82) is 0 Å². The number of aliphatic carboxylic acids is 2. The molecule has 2 N–H and O–H groups in total. The third-order valence-corrected chi connectivity index (χ3v) is 7.68. The topological polar surface area (TPSA) is 77.8 Å². The minimum absolute atomic E-state index is 0.00163. The molecule has 1 aromatic rings. The van der Waals surface area contributed by atoms with Crippen molar-refractivity contribution >= 4 is 23.5 Å². The van der Waals surface area contributed by atoms with Crippen LogP contribution in [0.2, 0.25) is 5.02 Å². The van der Waals surface area contributed by atoms with Gasteiger partial charge in [-0.05, 0) is 67.6 Å². The lowest BCUT2D eigenvalue weighted by Gasteiger charge is -2.44. The highest BCUT2D eigenvalue weighted by molar-refractivity contribution is 6.30. The lowest BCUT2D eigenvalue weighted by Crippen LogP contribution is -2.48. The van der Waals surface area contributed by atoms with Gasteiger partial charge in [-0.1, -0.05) is 43.5 Å². The molecule has 2 aliphatic rings. The molecule has 0 bridgehead atoms. The Morgan fingerprint density at radius 1 is 0.974 bits per heavy atom. The van der Waals surface area contributed by atoms with Gasteiger partial charge in [-0.25, -0.2) is 4.79 Å². The van der Waals surface area contributed by atoms with Gasteiger partial charge in [-0.2, -0.15) is 26.3 Å². The Morgan fingerprint density at radius 3 is 2.00 bits per heavy atom. The highest BCUT2D eigenvalue weighted by atomic mass is 35.5. The molecule has 0 amide bonds. The van der Waals surface area contributed by atoms with Gasteiger partial charge < -0.3 is 10.2 Å². The molecule has 2 saturated carbocycles. The van der Waals surface area contributed by atoms with Crippen LogP contribution in [0.4, 0.5) is 26.3 Å². The van der Waals surface area contributed by atoms with Gasteiger partial charge in [0.1, 0.15) is 0 Å². The van der Waals surface area contributed by atoms with E-state index in [4.69, 9.17) is 21.5 Å². The second-order valence-corrected chi connectivity index (χ2v) is 10.8. The third kappa shape index (κ3) is 10.3. The number of hydrogen-bond donors (Lipinski definition) is 2. The number of nitrogens with zero attached hydrogens (tertiary/aromatic N) is 1. The van der Waals surface area contributed by atoms with E-state index in [0.717, 1.165) is 44.1 Å². The molecular formula is C26H34ClF6NO4. The second kappa shape index (κ2) is 13.9. The van der Waals surface area contributed by atoms with Gasteiger partial charge in [0.25, 0.3) is 0 Å². The van der Waals surface area contributed by atoms with Gasteiger partial charge in [-0.3, -0.25) is 9.69 Å². The molecule has 1 unspecified atom stereocenters. The van der Waals surface area contributed by atoms with E-state index in [2.05, 4.69) is 4.90 Å². The average Bonchev–Trinajstić information content (AvgIpc) is 3.31. The van der Waals surface area contributed by atoms with Gasteiger partial charge >= 0.3 is 24.3 Å². The van der Waals surface area contributed by atoms with Crippen LogP contribution >= 0.6 is 11.6 Å². The molecule has 4 atom stereocenters. The Kier molecular flexibility index (Phi) is 11.8. The highest BCUT2D eigenvalue weighted by Gasteiger charge is 2.42. The summed E-state index contributed by atoms with van der Waals surface area (Å²) in [5.74, 6) is -4.46. The molecule has 3 rings (SSSR count). The first-order valence-corrected chi connectivity index (χ1v) is 13.0. The number of halogens is 7. The summed E-state index contributed by atoms with van der Waals surface area (Å²) >= 11 is 6.07. The summed E-state index contributed by atoms with van der Waals surface area (Å²) in [6, 6.07) is 7.51. The Morgan fingerprint density at radius 2 is 1.53 bits per heavy atom. The Labute approximate surface area is 223 Å². The lowest BCUT2D eigenvalue weighted by molar-refractivity contribution is -0.192. The minimum Gasteiger partial charge on any atom is -0.481 e. The standard InChI is InChI=1S/C24H33ClF3NO2.C2HF3O2/c1-16(24(26,27)28)14-29(15-17-4-2-3-5-17)22-11-6-18(13-23(30)31)12-21(22)19-7-9-20(25)10-8-19;3-2(4,5)1(6)7/h7-10,16-18,21-22H,2-6,11-15H2,1H3,(H,30,31);(H,6,7)/t16?,18-,21+,22-;/m1./s1. The number of carbonyl (C=O) groups is 2. The van der Waals surface area contributed by atoms with Crippen LogP contribution in [-0.4, -0.2) is 58.5 Å². The molecule has 2 aliphatic carbocycles. The van der Waals surface area contributed by atoms with Crippen LogP contribution in [0.15, 0.2) is 24.3 Å². The number of carboxylic acids is 2. The monoisotopic (exact) mass is 573 g/mol. The predicted molar refractivity (Wildman–Crippen MR) is 130 cm³/mol. The third-order valence-electron chi connectivity index (χ3n) is 7.43. The zero-order valence-electron chi connectivity index (χ0n) is 21.1. The van der Waals surface area contributed by atoms with Crippen LogP contribution in [0, 0.1) is 17.8 Å². The van der Waals surface area contributed by atoms with Crippen molar-refractivity contribution < 1.29 is 46.1 Å². The fraction of sp³-hybridized carbons (Fsp3) is 0.692. The molecule has 0 aromatic heterocycles. The first kappa shape index (κ1) is 32.2. The van der Waals surface area contributed by atoms with E-state index in [1.54, 1.807) is 0 Å². The summed E-state index contributed by atoms with van der Waals surface area (Å²) in [5.41, 5.74) is 1.04. The van der Waals surface area contributed by atoms with Gasteiger partial charge in [0, 0.05) is 30.6 Å². The van der Waals surface area contributed by atoms with Crippen LogP contribution in [0.25, 0.3) is 0 Å². The summed E-state index contributed by atoms with van der Waals surface area (Å²) in [6.07, 6.45) is -2.58. The summed E-state index contributed by atoms with van der Waals surface area (Å²) in [6.45, 7) is 1.96. The predicted octanol–water partition coefficient (Wildman–Crippen LogP) is 7.39. The molecule has 0 spiro atoms. The van der Waals surface area contributed by atoms with Crippen LogP contribution in [0.3, 0.4) is 0 Å². The highest BCUT2D eigenvalue weighted by Crippen LogP contribution is 2.42. The molecule has 0 heterocycles. The fourth-order valence-electron chi connectivity index (χ4n) is 5.50. The molecule has 0 radical (unpaired) electrons. The van der Waals surface area contributed by atoms with E-state index in [9.17, 15) is 36.2 Å². The minimum atomic E-state index is -5.08. The van der Waals surface area contributed by atoms with E-state index in [1.807, 2.05) is 24.3 Å². The quantitative estimate of drug-likeness (QED) is 0.317. The smallest absolute Gasteiger partial charge is 0.481 e. The van der Waals surface area contributed by atoms with Crippen LogP contribution in [-0.2, 0) is 9.59 Å². The summed E-state index contributed by atoms with van der Waals surface area (Å²) < 4.78 is 72.1. The van der Waals surface area contributed by atoms with E-state index in [0.29, 0.717) is 23.9 Å². The first-order chi connectivity index (χ1) is 17.6. The number of carboxylic acid groups (broad SMARTS) is 2. The largest absolute Gasteiger partial charge is 0.490 e. The SMILES string of the molecule is CC(CN(CC1CCCC1)[C@@H]1CC[C@@H](CC(=O)O)C[C@H]1c1ccc(Cl)cc1)C(F)(F)F.O=C(O)C(F)(F)F. The van der Waals surface area contributed by atoms with E-state index >= 15 is 0 Å². The van der Waals surface area contributed by atoms with E-state index in [-0.39, 0.29) is 30.8 Å². The first-order valence-electron chi connectivity index (χ1n) is 12.7. The van der Waals surface area contributed by atoms with Gasteiger partial charge in [0.2, 0.25) is 0 Å². The van der Waals surface area contributed by atoms with Crippen molar-refractivity contribution in [2.24, 2.45) is 17.8 Å². The Bertz CT molecular complexity index is 902. The molecule has 12 heteroatoms. The van der Waals surface area contributed by atoms with E-state index in [1.165, 1.54) is 6.92 Å². The maximum absolute atomic E-state index is 13.5. The molecule has 5 nitrogen and oxygen atoms in total. The number of benzene rings is 1. The maximum Gasteiger partial charge on any atom is 0.490 e. The van der Waals surface area contributed by atoms with Crippen LogP contribution in [0.1, 0.15) is 69.8 Å². The second-order valence-electron chi connectivity index (χ2n) is 10.4. The molecule has 0 saturated heterocycles. The Hall–Kier alpha value is -2.01. The zero-order chi connectivity index (χ0) is 28.7. The molecule has 2 fully saturated rings. The van der Waals surface area contributed by atoms with Crippen molar-refractivity contribution in [3.8, 4) is 0 Å². The average molecular weight is 574 g/mol. The molecule has 216 valence electrons. The van der Waals surface area contributed by atoms with Crippen molar-refractivity contribution in [2.45, 2.75) is 82.6 Å². The zero-order valence-corrected chi connectivity index (χ0v) is 21.8. The summed E-state index contributed by atoms with van der Waals surface area (Å²) in [5, 5.41) is 17.0. The van der Waals surface area contributed by atoms with Crippen molar-refractivity contribution in [3.05, 3.63) is 34.9 Å². The Balaban J connectivity index is 0.000000638. The lowest BCUT2D eigenvalue weighted by atomic mass is 9.72. The molecule has 0 aliphatic heterocycles. The van der Waals surface area contributed by atoms with Crippen molar-refractivity contribution in [3.63, 3.8) is 0 Å². The van der Waals surface area contributed by atoms with E-state index < -0.39 is 30.2 Å². The van der Waals surface area contributed by atoms with Crippen molar-refractivity contribution in [1.82, 2.24) is 4.90 Å². The fourth-order valence-corrected chi connectivity index (χ4v) is 5.63. The van der Waals surface area contributed by atoms with Gasteiger partial charge in [0.05, 0.1) is 5.92 Å². The normalized spacial score (nSPS) is 23.6. The number of hydrogen-bond acceptors (Lipinski definition) is 3. The molecule has 1 aromatic carbocycles. The number of rotatable bonds is 8. The van der Waals surface area contributed by atoms with Gasteiger partial charge in [-0.15, -0.1) is 0 Å². The van der Waals surface area contributed by atoms with Crippen LogP contribution < -0.4 is 0 Å². The maximum atomic E-state index is 13.5. The molecule has 38 heavy (non-hydrogen) atoms.